The van der Waals surface area contributed by atoms with Crippen molar-refractivity contribution in [3.63, 3.8) is 0 Å². The molecule has 0 aliphatic rings. The molecular weight excluding hydrogens is 156 g/mol. The van der Waals surface area contributed by atoms with E-state index in [4.69, 9.17) is 0 Å². The summed E-state index contributed by atoms with van der Waals surface area (Å²) in [5, 5.41) is 0. The van der Waals surface area contributed by atoms with Gasteiger partial charge in [0, 0.05) is 0 Å². The third-order valence-electron chi connectivity index (χ3n) is 2.06. The van der Waals surface area contributed by atoms with Crippen molar-refractivity contribution in [3.8, 4) is 0 Å². The topological polar surface area (TPSA) is 0 Å². The lowest BCUT2D eigenvalue weighted by molar-refractivity contribution is 0.936. The monoisotopic (exact) mass is 174 g/mol. The van der Waals surface area contributed by atoms with Crippen molar-refractivity contribution in [2.24, 2.45) is 0 Å². The second-order valence-electron chi connectivity index (χ2n) is 3.28. The van der Waals surface area contributed by atoms with Crippen molar-refractivity contribution >= 4 is 0 Å². The van der Waals surface area contributed by atoms with Crippen molar-refractivity contribution < 1.29 is 0 Å². The summed E-state index contributed by atoms with van der Waals surface area (Å²) in [6.07, 6.45) is 9.38. The third kappa shape index (κ3) is 4.51. The summed E-state index contributed by atoms with van der Waals surface area (Å²) < 4.78 is 0. The minimum atomic E-state index is 1.17. The van der Waals surface area contributed by atoms with E-state index < -0.39 is 0 Å². The predicted molar refractivity (Wildman–Crippen MR) is 58.8 cm³/mol. The van der Waals surface area contributed by atoms with Gasteiger partial charge in [0.2, 0.25) is 0 Å². The van der Waals surface area contributed by atoms with Crippen LogP contribution in [0.4, 0.5) is 0 Å². The molecule has 0 heteroatoms. The normalized spacial score (nSPS) is 10.8. The number of unbranched alkanes of at least 4 members (excludes halogenated alkanes) is 1. The number of rotatable bonds is 5. The molecule has 1 rings (SSSR count). The highest BCUT2D eigenvalue weighted by molar-refractivity contribution is 5.15. The maximum absolute atomic E-state index is 2.29. The van der Waals surface area contributed by atoms with Gasteiger partial charge in [0.25, 0.3) is 0 Å². The van der Waals surface area contributed by atoms with Crippen molar-refractivity contribution in [1.82, 2.24) is 0 Å². The van der Waals surface area contributed by atoms with Crippen LogP contribution in [0.3, 0.4) is 0 Å². The molecule has 0 radical (unpaired) electrons. The summed E-state index contributed by atoms with van der Waals surface area (Å²) >= 11 is 0. The van der Waals surface area contributed by atoms with Gasteiger partial charge in [-0.2, -0.15) is 0 Å². The predicted octanol–water partition coefficient (Wildman–Crippen LogP) is 3.98. The molecule has 0 aliphatic heterocycles. The molecule has 0 N–H and O–H groups in total. The van der Waals surface area contributed by atoms with E-state index in [1.807, 2.05) is 0 Å². The second-order valence-corrected chi connectivity index (χ2v) is 3.28. The lowest BCUT2D eigenvalue weighted by atomic mass is 10.1. The third-order valence-corrected chi connectivity index (χ3v) is 2.06. The molecule has 0 spiro atoms. The SMILES string of the molecule is CCC/C=C/CCc1ccccc1. The van der Waals surface area contributed by atoms with Gasteiger partial charge < -0.3 is 0 Å². The van der Waals surface area contributed by atoms with Crippen LogP contribution in [0, 0.1) is 0 Å². The van der Waals surface area contributed by atoms with E-state index >= 15 is 0 Å². The van der Waals surface area contributed by atoms with Gasteiger partial charge in [-0.05, 0) is 24.8 Å². The van der Waals surface area contributed by atoms with Gasteiger partial charge in [-0.3, -0.25) is 0 Å². The Balaban J connectivity index is 2.20. The van der Waals surface area contributed by atoms with Crippen molar-refractivity contribution in [2.75, 3.05) is 0 Å². The highest BCUT2D eigenvalue weighted by Gasteiger charge is 1.87. The first-order valence-corrected chi connectivity index (χ1v) is 5.12. The highest BCUT2D eigenvalue weighted by Crippen LogP contribution is 2.03. The van der Waals surface area contributed by atoms with Gasteiger partial charge in [0.15, 0.2) is 0 Å². The number of allylic oxidation sites excluding steroid dienone is 2. The van der Waals surface area contributed by atoms with Crippen molar-refractivity contribution in [3.05, 3.63) is 48.0 Å². The molecule has 70 valence electrons. The lowest BCUT2D eigenvalue weighted by Crippen LogP contribution is -1.80. The Morgan fingerprint density at radius 2 is 1.69 bits per heavy atom. The maximum Gasteiger partial charge on any atom is -0.0244 e. The van der Waals surface area contributed by atoms with E-state index in [9.17, 15) is 0 Å². The first-order chi connectivity index (χ1) is 6.43. The van der Waals surface area contributed by atoms with Crippen LogP contribution in [-0.2, 0) is 6.42 Å². The zero-order chi connectivity index (χ0) is 9.36. The molecule has 0 atom stereocenters. The van der Waals surface area contributed by atoms with Crippen LogP contribution in [0.25, 0.3) is 0 Å². The minimum Gasteiger partial charge on any atom is -0.0885 e. The summed E-state index contributed by atoms with van der Waals surface area (Å²) in [4.78, 5) is 0. The van der Waals surface area contributed by atoms with Gasteiger partial charge >= 0.3 is 0 Å². The lowest BCUT2D eigenvalue weighted by Gasteiger charge is -1.95. The zero-order valence-electron chi connectivity index (χ0n) is 8.37. The van der Waals surface area contributed by atoms with Crippen LogP contribution < -0.4 is 0 Å². The highest BCUT2D eigenvalue weighted by atomic mass is 13.9. The Bertz CT molecular complexity index is 233. The maximum atomic E-state index is 2.29. The number of benzene rings is 1. The molecule has 0 nitrogen and oxygen atoms in total. The van der Waals surface area contributed by atoms with Crippen LogP contribution >= 0.6 is 0 Å². The molecule has 0 saturated carbocycles. The van der Waals surface area contributed by atoms with E-state index in [1.165, 1.54) is 31.2 Å². The van der Waals surface area contributed by atoms with E-state index in [1.54, 1.807) is 0 Å². The molecule has 0 heterocycles. The fraction of sp³-hybridized carbons (Fsp3) is 0.385. The fourth-order valence-electron chi connectivity index (χ4n) is 1.30. The average molecular weight is 174 g/mol. The fourth-order valence-corrected chi connectivity index (χ4v) is 1.30. The number of aryl methyl sites for hydroxylation is 1. The molecule has 0 bridgehead atoms. The molecule has 0 unspecified atom stereocenters. The second kappa shape index (κ2) is 6.47. The van der Waals surface area contributed by atoms with E-state index in [-0.39, 0.29) is 0 Å². The van der Waals surface area contributed by atoms with E-state index in [0.717, 1.165) is 0 Å². The van der Waals surface area contributed by atoms with Crippen LogP contribution in [0.15, 0.2) is 42.5 Å². The summed E-state index contributed by atoms with van der Waals surface area (Å²) in [5.74, 6) is 0. The first-order valence-electron chi connectivity index (χ1n) is 5.12. The molecule has 1 aromatic carbocycles. The van der Waals surface area contributed by atoms with E-state index in [0.29, 0.717) is 0 Å². The van der Waals surface area contributed by atoms with Gasteiger partial charge in [-0.15, -0.1) is 0 Å². The van der Waals surface area contributed by atoms with Gasteiger partial charge in [-0.1, -0.05) is 55.8 Å². The van der Waals surface area contributed by atoms with Crippen LogP contribution in [-0.4, -0.2) is 0 Å². The van der Waals surface area contributed by atoms with Crippen molar-refractivity contribution in [2.45, 2.75) is 32.6 Å². The van der Waals surface area contributed by atoms with Crippen LogP contribution in [0.5, 0.6) is 0 Å². The smallest absolute Gasteiger partial charge is 0.0244 e. The summed E-state index contributed by atoms with van der Waals surface area (Å²) in [6.45, 7) is 2.21. The quantitative estimate of drug-likeness (QED) is 0.592. The van der Waals surface area contributed by atoms with Crippen LogP contribution in [0.1, 0.15) is 31.7 Å². The Kier molecular flexibility index (Phi) is 5.00. The largest absolute Gasteiger partial charge is 0.0885 e. The average Bonchev–Trinajstić information content (AvgIpc) is 2.19. The van der Waals surface area contributed by atoms with Gasteiger partial charge in [0.05, 0.1) is 0 Å². The molecule has 0 amide bonds. The molecule has 0 saturated heterocycles. The Morgan fingerprint density at radius 3 is 2.38 bits per heavy atom. The Hall–Kier alpha value is -1.04. The van der Waals surface area contributed by atoms with E-state index in [2.05, 4.69) is 49.4 Å². The Labute approximate surface area is 81.3 Å². The van der Waals surface area contributed by atoms with Gasteiger partial charge in [-0.25, -0.2) is 0 Å². The molecule has 0 aromatic heterocycles. The standard InChI is InChI=1S/C13H18/c1-2-3-4-5-7-10-13-11-8-6-9-12-13/h4-6,8-9,11-12H,2-3,7,10H2,1H3/b5-4+. The molecule has 13 heavy (non-hydrogen) atoms. The van der Waals surface area contributed by atoms with Crippen LogP contribution in [0.2, 0.25) is 0 Å². The molecular formula is C13H18. The summed E-state index contributed by atoms with van der Waals surface area (Å²) in [6, 6.07) is 10.6. The number of hydrogen-bond acceptors (Lipinski definition) is 0. The van der Waals surface area contributed by atoms with Crippen molar-refractivity contribution in [1.29, 1.82) is 0 Å². The molecule has 0 fully saturated rings. The zero-order valence-corrected chi connectivity index (χ0v) is 8.37. The summed E-state index contributed by atoms with van der Waals surface area (Å²) in [7, 11) is 0. The number of hydrogen-bond donors (Lipinski definition) is 0. The molecule has 1 aromatic rings. The minimum absolute atomic E-state index is 1.17. The first kappa shape index (κ1) is 10.0. The van der Waals surface area contributed by atoms with Gasteiger partial charge in [0.1, 0.15) is 0 Å². The summed E-state index contributed by atoms with van der Waals surface area (Å²) in [5.41, 5.74) is 1.43. The molecule has 0 aliphatic carbocycles. The Morgan fingerprint density at radius 1 is 1.00 bits per heavy atom.